The first kappa shape index (κ1) is 23.6. The van der Waals surface area contributed by atoms with Crippen molar-refractivity contribution in [1.29, 1.82) is 0 Å². The van der Waals surface area contributed by atoms with Gasteiger partial charge in [0.15, 0.2) is 0 Å². The van der Waals surface area contributed by atoms with Crippen LogP contribution in [-0.2, 0) is 0 Å². The maximum absolute atomic E-state index is 12.6. The average molecular weight is 457 g/mol. The number of nitrogens with one attached hydrogen (secondary N) is 5. The van der Waals surface area contributed by atoms with Crippen molar-refractivity contribution >= 4 is 34.9 Å². The highest BCUT2D eigenvalue weighted by Gasteiger charge is 2.44. The molecule has 0 bridgehead atoms. The van der Waals surface area contributed by atoms with Crippen molar-refractivity contribution in [2.45, 2.75) is 57.0 Å². The fourth-order valence-corrected chi connectivity index (χ4v) is 4.29. The molecule has 1 aliphatic heterocycles. The summed E-state index contributed by atoms with van der Waals surface area (Å²) < 4.78 is 0. The Morgan fingerprint density at radius 3 is 2.67 bits per heavy atom. The minimum absolute atomic E-state index is 0.202. The predicted octanol–water partition coefficient (Wildman–Crippen LogP) is 3.41. The number of urea groups is 1. The van der Waals surface area contributed by atoms with Gasteiger partial charge in [0.25, 0.3) is 0 Å². The second-order valence-corrected chi connectivity index (χ2v) is 9.45. The lowest BCUT2D eigenvalue weighted by atomic mass is 9.91. The second kappa shape index (κ2) is 10.5. The van der Waals surface area contributed by atoms with Gasteiger partial charge < -0.3 is 15.5 Å². The Morgan fingerprint density at radius 1 is 1.27 bits per heavy atom. The van der Waals surface area contributed by atoms with Crippen LogP contribution in [0.1, 0.15) is 39.0 Å². The number of halogens is 2. The van der Waals surface area contributed by atoms with E-state index in [4.69, 9.17) is 23.2 Å². The summed E-state index contributed by atoms with van der Waals surface area (Å²) in [4.78, 5) is 14.8. The van der Waals surface area contributed by atoms with Crippen LogP contribution in [0.15, 0.2) is 18.2 Å². The van der Waals surface area contributed by atoms with Gasteiger partial charge in [-0.2, -0.15) is 0 Å². The molecule has 1 saturated carbocycles. The number of carbonyl (C=O) groups excluding carboxylic acids is 1. The molecule has 2 amide bonds. The van der Waals surface area contributed by atoms with Crippen molar-refractivity contribution in [2.24, 2.45) is 5.92 Å². The molecule has 3 atom stereocenters. The Bertz CT molecular complexity index is 729. The number of hydrogen-bond acceptors (Lipinski definition) is 5. The summed E-state index contributed by atoms with van der Waals surface area (Å²) in [7, 11) is 4.18. The van der Waals surface area contributed by atoms with E-state index in [1.807, 2.05) is 0 Å². The van der Waals surface area contributed by atoms with Crippen LogP contribution in [0.2, 0.25) is 10.0 Å². The Labute approximate surface area is 189 Å². The largest absolute Gasteiger partial charge is 0.321 e. The number of anilines is 1. The van der Waals surface area contributed by atoms with Crippen molar-refractivity contribution in [3.8, 4) is 0 Å². The third kappa shape index (κ3) is 6.70. The Morgan fingerprint density at radius 2 is 2.03 bits per heavy atom. The zero-order chi connectivity index (χ0) is 21.7. The molecule has 3 rings (SSSR count). The number of nitrogens with zero attached hydrogens (tertiary/aromatic N) is 1. The van der Waals surface area contributed by atoms with Gasteiger partial charge in [-0.3, -0.25) is 16.0 Å². The fraction of sp³-hybridized carbons (Fsp3) is 0.667. The normalized spacial score (nSPS) is 26.6. The Balaban J connectivity index is 1.60. The molecule has 1 aliphatic carbocycles. The van der Waals surface area contributed by atoms with Gasteiger partial charge in [0.05, 0.1) is 15.7 Å². The molecule has 5 N–H and O–H groups in total. The van der Waals surface area contributed by atoms with Crippen LogP contribution in [0.25, 0.3) is 0 Å². The lowest BCUT2D eigenvalue weighted by molar-refractivity contribution is 0.0949. The maximum atomic E-state index is 12.6. The van der Waals surface area contributed by atoms with Gasteiger partial charge in [-0.15, -0.1) is 0 Å². The van der Waals surface area contributed by atoms with Crippen LogP contribution in [0.3, 0.4) is 0 Å². The van der Waals surface area contributed by atoms with E-state index in [-0.39, 0.29) is 18.0 Å². The van der Waals surface area contributed by atoms with Crippen molar-refractivity contribution in [3.63, 3.8) is 0 Å². The number of carbonyl (C=O) groups is 1. The van der Waals surface area contributed by atoms with Gasteiger partial charge in [-0.25, -0.2) is 4.79 Å². The summed E-state index contributed by atoms with van der Waals surface area (Å²) in [5.41, 5.74) is 0.395. The average Bonchev–Trinajstić information content (AvgIpc) is 3.53. The predicted molar refractivity (Wildman–Crippen MR) is 124 cm³/mol. The number of amides is 2. The summed E-state index contributed by atoms with van der Waals surface area (Å²) in [6.07, 6.45) is 5.19. The summed E-state index contributed by atoms with van der Waals surface area (Å²) in [6.45, 7) is 4.16. The van der Waals surface area contributed by atoms with E-state index in [9.17, 15) is 4.79 Å². The highest BCUT2D eigenvalue weighted by atomic mass is 35.5. The molecule has 7 nitrogen and oxygen atoms in total. The SMILES string of the molecule is CCC1(NCCCN(C)C)CC(C2CC2)NC(NC(=O)Nc2ccc(Cl)c(Cl)c2)N1. The van der Waals surface area contributed by atoms with Crippen molar-refractivity contribution in [3.05, 3.63) is 28.2 Å². The number of hydrogen-bond donors (Lipinski definition) is 5. The molecular weight excluding hydrogens is 423 g/mol. The quantitative estimate of drug-likeness (QED) is 0.368. The summed E-state index contributed by atoms with van der Waals surface area (Å²) in [6, 6.07) is 5.11. The van der Waals surface area contributed by atoms with E-state index in [0.29, 0.717) is 27.7 Å². The fourth-order valence-electron chi connectivity index (χ4n) is 3.99. The minimum atomic E-state index is -0.326. The molecule has 3 unspecified atom stereocenters. The molecule has 2 aliphatic rings. The topological polar surface area (TPSA) is 80.5 Å². The van der Waals surface area contributed by atoms with E-state index in [1.54, 1.807) is 18.2 Å². The molecular formula is C21H34Cl2N6O. The molecule has 9 heteroatoms. The zero-order valence-corrected chi connectivity index (χ0v) is 19.5. The summed E-state index contributed by atoms with van der Waals surface area (Å²) in [5, 5.41) is 17.6. The number of benzene rings is 1. The van der Waals surface area contributed by atoms with Gasteiger partial charge in [-0.1, -0.05) is 30.1 Å². The van der Waals surface area contributed by atoms with E-state index >= 15 is 0 Å². The Hall–Kier alpha value is -1.09. The van der Waals surface area contributed by atoms with Crippen molar-refractivity contribution in [2.75, 3.05) is 32.5 Å². The first-order valence-electron chi connectivity index (χ1n) is 10.8. The molecule has 1 saturated heterocycles. The van der Waals surface area contributed by atoms with Crippen LogP contribution in [0.4, 0.5) is 10.5 Å². The lowest BCUT2D eigenvalue weighted by Gasteiger charge is -2.47. The lowest BCUT2D eigenvalue weighted by Crippen LogP contribution is -2.74. The van der Waals surface area contributed by atoms with Gasteiger partial charge in [0.1, 0.15) is 6.29 Å². The van der Waals surface area contributed by atoms with E-state index in [1.165, 1.54) is 12.8 Å². The molecule has 2 fully saturated rings. The highest BCUT2D eigenvalue weighted by molar-refractivity contribution is 6.42. The molecule has 0 radical (unpaired) electrons. The minimum Gasteiger partial charge on any atom is -0.310 e. The number of rotatable bonds is 9. The van der Waals surface area contributed by atoms with Gasteiger partial charge in [0, 0.05) is 11.7 Å². The summed E-state index contributed by atoms with van der Waals surface area (Å²) >= 11 is 12.0. The third-order valence-corrected chi connectivity index (χ3v) is 6.60. The smallest absolute Gasteiger partial charge is 0.310 e. The van der Waals surface area contributed by atoms with E-state index in [0.717, 1.165) is 32.4 Å². The first-order chi connectivity index (χ1) is 14.3. The standard InChI is InChI=1S/C21H34Cl2N6O/c1-4-21(24-10-5-11-29(2)3)13-18(14-6-7-14)26-19(28-21)27-20(30)25-15-8-9-16(22)17(23)12-15/h8-9,12,14,18-19,24,26,28H,4-7,10-11,13H2,1-3H3,(H2,25,27,30). The molecule has 1 aromatic carbocycles. The van der Waals surface area contributed by atoms with Crippen molar-refractivity contribution < 1.29 is 4.79 Å². The van der Waals surface area contributed by atoms with Crippen molar-refractivity contribution in [1.82, 2.24) is 26.2 Å². The molecule has 1 aromatic rings. The third-order valence-electron chi connectivity index (χ3n) is 5.86. The maximum Gasteiger partial charge on any atom is 0.321 e. The van der Waals surface area contributed by atoms with Gasteiger partial charge in [-0.05, 0) is 83.4 Å². The summed E-state index contributed by atoms with van der Waals surface area (Å²) in [5.74, 6) is 0.684. The van der Waals surface area contributed by atoms with Crippen LogP contribution in [-0.4, -0.2) is 56.1 Å². The Kier molecular flexibility index (Phi) is 8.24. The molecule has 168 valence electrons. The van der Waals surface area contributed by atoms with Gasteiger partial charge >= 0.3 is 6.03 Å². The van der Waals surface area contributed by atoms with Crippen LogP contribution < -0.4 is 26.6 Å². The zero-order valence-electron chi connectivity index (χ0n) is 18.0. The van der Waals surface area contributed by atoms with E-state index in [2.05, 4.69) is 52.5 Å². The van der Waals surface area contributed by atoms with Crippen LogP contribution in [0.5, 0.6) is 0 Å². The highest BCUT2D eigenvalue weighted by Crippen LogP contribution is 2.37. The molecule has 30 heavy (non-hydrogen) atoms. The monoisotopic (exact) mass is 456 g/mol. The van der Waals surface area contributed by atoms with E-state index < -0.39 is 0 Å². The second-order valence-electron chi connectivity index (χ2n) is 8.64. The first-order valence-corrected chi connectivity index (χ1v) is 11.5. The van der Waals surface area contributed by atoms with Crippen LogP contribution >= 0.6 is 23.2 Å². The molecule has 0 aromatic heterocycles. The molecule has 0 spiro atoms. The van der Waals surface area contributed by atoms with Crippen LogP contribution in [0, 0.1) is 5.92 Å². The molecule has 1 heterocycles. The van der Waals surface area contributed by atoms with Gasteiger partial charge in [0.2, 0.25) is 0 Å².